The Hall–Kier alpha value is -2.76. The summed E-state index contributed by atoms with van der Waals surface area (Å²) in [6.07, 6.45) is 0. The number of nitrogens with one attached hydrogen (secondary N) is 1. The van der Waals surface area contributed by atoms with Crippen LogP contribution in [-0.4, -0.2) is 28.7 Å². The molecule has 0 aliphatic carbocycles. The highest BCUT2D eigenvalue weighted by Gasteiger charge is 2.15. The van der Waals surface area contributed by atoms with Gasteiger partial charge < -0.3 is 10.1 Å². The van der Waals surface area contributed by atoms with Gasteiger partial charge in [-0.3, -0.25) is 4.79 Å². The molecule has 0 bridgehead atoms. The zero-order valence-corrected chi connectivity index (χ0v) is 11.8. The Kier molecular flexibility index (Phi) is 4.61. The van der Waals surface area contributed by atoms with Crippen LogP contribution in [0.1, 0.15) is 33.5 Å². The summed E-state index contributed by atoms with van der Waals surface area (Å²) in [4.78, 5) is 23.9. The van der Waals surface area contributed by atoms with Gasteiger partial charge in [0.25, 0.3) is 5.91 Å². The molecular formula is C15H15N3O3. The van der Waals surface area contributed by atoms with Gasteiger partial charge in [0.1, 0.15) is 0 Å². The van der Waals surface area contributed by atoms with Crippen molar-refractivity contribution in [3.05, 3.63) is 53.3 Å². The van der Waals surface area contributed by atoms with Crippen LogP contribution in [0.5, 0.6) is 0 Å². The lowest BCUT2D eigenvalue weighted by Crippen LogP contribution is -2.17. The number of aryl methyl sites for hydroxylation is 1. The zero-order chi connectivity index (χ0) is 15.2. The minimum absolute atomic E-state index is 0.180. The van der Waals surface area contributed by atoms with Crippen LogP contribution in [0, 0.1) is 6.92 Å². The molecule has 108 valence electrons. The zero-order valence-electron chi connectivity index (χ0n) is 11.8. The third-order valence-corrected chi connectivity index (χ3v) is 2.70. The molecule has 1 heterocycles. The summed E-state index contributed by atoms with van der Waals surface area (Å²) in [5.74, 6) is -0.914. The van der Waals surface area contributed by atoms with E-state index in [-0.39, 0.29) is 12.3 Å². The van der Waals surface area contributed by atoms with Gasteiger partial charge in [-0.15, -0.1) is 5.10 Å². The number of carbonyl (C=O) groups excluding carboxylic acids is 2. The van der Waals surface area contributed by atoms with E-state index in [1.807, 2.05) is 0 Å². The highest BCUT2D eigenvalue weighted by atomic mass is 16.5. The first kappa shape index (κ1) is 14.6. The topological polar surface area (TPSA) is 81.2 Å². The molecule has 0 saturated carbocycles. The smallest absolute Gasteiger partial charge is 0.340 e. The Morgan fingerprint density at radius 2 is 1.90 bits per heavy atom. The molecule has 6 heteroatoms. The van der Waals surface area contributed by atoms with E-state index in [0.717, 1.165) is 5.69 Å². The second-order valence-corrected chi connectivity index (χ2v) is 4.28. The molecule has 1 amide bonds. The van der Waals surface area contributed by atoms with Crippen LogP contribution >= 0.6 is 0 Å². The summed E-state index contributed by atoms with van der Waals surface area (Å²) in [5.41, 5.74) is 1.58. The predicted octanol–water partition coefficient (Wildman–Crippen LogP) is 2.21. The maximum atomic E-state index is 12.1. The van der Waals surface area contributed by atoms with Crippen LogP contribution < -0.4 is 5.32 Å². The van der Waals surface area contributed by atoms with Crippen molar-refractivity contribution in [3.8, 4) is 0 Å². The SMILES string of the molecule is CCOC(=O)c1ccccc1NC(=O)c1ccc(C)nn1. The van der Waals surface area contributed by atoms with Crippen molar-refractivity contribution in [1.29, 1.82) is 0 Å². The quantitative estimate of drug-likeness (QED) is 0.871. The van der Waals surface area contributed by atoms with Crippen LogP contribution in [0.4, 0.5) is 5.69 Å². The van der Waals surface area contributed by atoms with Gasteiger partial charge in [0, 0.05) is 0 Å². The number of benzene rings is 1. The molecular weight excluding hydrogens is 270 g/mol. The summed E-state index contributed by atoms with van der Waals surface area (Å²) in [5, 5.41) is 10.3. The van der Waals surface area contributed by atoms with Crippen LogP contribution in [0.25, 0.3) is 0 Å². The average Bonchev–Trinajstić information content (AvgIpc) is 2.48. The van der Waals surface area contributed by atoms with Crippen molar-refractivity contribution >= 4 is 17.6 Å². The fourth-order valence-corrected chi connectivity index (χ4v) is 1.69. The first-order valence-corrected chi connectivity index (χ1v) is 6.49. The molecule has 1 N–H and O–H groups in total. The first-order valence-electron chi connectivity index (χ1n) is 6.49. The molecule has 0 aliphatic heterocycles. The highest BCUT2D eigenvalue weighted by molar-refractivity contribution is 6.06. The minimum atomic E-state index is -0.483. The number of anilines is 1. The number of para-hydroxylation sites is 1. The summed E-state index contributed by atoms with van der Waals surface area (Å²) in [7, 11) is 0. The number of nitrogens with zero attached hydrogens (tertiary/aromatic N) is 2. The van der Waals surface area contributed by atoms with E-state index in [1.54, 1.807) is 50.2 Å². The van der Waals surface area contributed by atoms with Crippen molar-refractivity contribution in [2.24, 2.45) is 0 Å². The number of aromatic nitrogens is 2. The van der Waals surface area contributed by atoms with E-state index in [0.29, 0.717) is 11.3 Å². The second-order valence-electron chi connectivity index (χ2n) is 4.28. The lowest BCUT2D eigenvalue weighted by Gasteiger charge is -2.09. The molecule has 1 aromatic carbocycles. The van der Waals surface area contributed by atoms with Gasteiger partial charge in [-0.2, -0.15) is 5.10 Å². The van der Waals surface area contributed by atoms with Gasteiger partial charge in [-0.05, 0) is 38.1 Å². The summed E-state index contributed by atoms with van der Waals surface area (Å²) < 4.78 is 4.95. The number of carbonyl (C=O) groups is 2. The Morgan fingerprint density at radius 1 is 1.14 bits per heavy atom. The van der Waals surface area contributed by atoms with Crippen LogP contribution in [0.2, 0.25) is 0 Å². The fourth-order valence-electron chi connectivity index (χ4n) is 1.69. The Morgan fingerprint density at radius 3 is 2.57 bits per heavy atom. The Labute approximate surface area is 122 Å². The number of ether oxygens (including phenoxy) is 1. The van der Waals surface area contributed by atoms with Crippen molar-refractivity contribution in [2.45, 2.75) is 13.8 Å². The third-order valence-electron chi connectivity index (χ3n) is 2.70. The van der Waals surface area contributed by atoms with Gasteiger partial charge in [-0.25, -0.2) is 4.79 Å². The van der Waals surface area contributed by atoms with Gasteiger partial charge in [-0.1, -0.05) is 12.1 Å². The van der Waals surface area contributed by atoms with Crippen molar-refractivity contribution in [3.63, 3.8) is 0 Å². The van der Waals surface area contributed by atoms with Gasteiger partial charge in [0.15, 0.2) is 5.69 Å². The number of hydrogen-bond donors (Lipinski definition) is 1. The Bertz CT molecular complexity index is 653. The van der Waals surface area contributed by atoms with E-state index < -0.39 is 11.9 Å². The largest absolute Gasteiger partial charge is 0.462 e. The predicted molar refractivity (Wildman–Crippen MR) is 77.1 cm³/mol. The number of esters is 1. The standard InChI is InChI=1S/C15H15N3O3/c1-3-21-15(20)11-6-4-5-7-12(11)16-14(19)13-9-8-10(2)17-18-13/h4-9H,3H2,1-2H3,(H,16,19). The molecule has 0 fully saturated rings. The summed E-state index contributed by atoms with van der Waals surface area (Å²) in [6.45, 7) is 3.77. The van der Waals surface area contributed by atoms with E-state index in [2.05, 4.69) is 15.5 Å². The summed E-state index contributed by atoms with van der Waals surface area (Å²) >= 11 is 0. The molecule has 1 aromatic heterocycles. The first-order chi connectivity index (χ1) is 10.1. The molecule has 6 nitrogen and oxygen atoms in total. The lowest BCUT2D eigenvalue weighted by atomic mass is 10.1. The van der Waals surface area contributed by atoms with Crippen molar-refractivity contribution in [2.75, 3.05) is 11.9 Å². The van der Waals surface area contributed by atoms with Gasteiger partial charge in [0.05, 0.1) is 23.6 Å². The van der Waals surface area contributed by atoms with E-state index in [4.69, 9.17) is 4.74 Å². The third kappa shape index (κ3) is 3.62. The van der Waals surface area contributed by atoms with E-state index >= 15 is 0 Å². The van der Waals surface area contributed by atoms with Crippen molar-refractivity contribution in [1.82, 2.24) is 10.2 Å². The van der Waals surface area contributed by atoms with Crippen LogP contribution in [0.15, 0.2) is 36.4 Å². The molecule has 0 saturated heterocycles. The van der Waals surface area contributed by atoms with E-state index in [1.165, 1.54) is 0 Å². The number of hydrogen-bond acceptors (Lipinski definition) is 5. The molecule has 0 atom stereocenters. The molecule has 0 aliphatic rings. The van der Waals surface area contributed by atoms with Crippen LogP contribution in [0.3, 0.4) is 0 Å². The molecule has 2 rings (SSSR count). The minimum Gasteiger partial charge on any atom is -0.462 e. The molecule has 21 heavy (non-hydrogen) atoms. The average molecular weight is 285 g/mol. The molecule has 0 unspecified atom stereocenters. The summed E-state index contributed by atoms with van der Waals surface area (Å²) in [6, 6.07) is 9.91. The van der Waals surface area contributed by atoms with Gasteiger partial charge in [0.2, 0.25) is 0 Å². The lowest BCUT2D eigenvalue weighted by molar-refractivity contribution is 0.0527. The monoisotopic (exact) mass is 285 g/mol. The van der Waals surface area contributed by atoms with E-state index in [9.17, 15) is 9.59 Å². The molecule has 2 aromatic rings. The molecule has 0 spiro atoms. The highest BCUT2D eigenvalue weighted by Crippen LogP contribution is 2.17. The van der Waals surface area contributed by atoms with Crippen molar-refractivity contribution < 1.29 is 14.3 Å². The van der Waals surface area contributed by atoms with Gasteiger partial charge >= 0.3 is 5.97 Å². The Balaban J connectivity index is 2.21. The number of rotatable bonds is 4. The fraction of sp³-hybridized carbons (Fsp3) is 0.200. The maximum Gasteiger partial charge on any atom is 0.340 e. The normalized spacial score (nSPS) is 10.0. The molecule has 0 radical (unpaired) electrons. The number of amides is 1. The second kappa shape index (κ2) is 6.60. The maximum absolute atomic E-state index is 12.1. The van der Waals surface area contributed by atoms with Crippen LogP contribution in [-0.2, 0) is 4.74 Å².